The highest BCUT2D eigenvalue weighted by atomic mass is 35.5. The third-order valence-electron chi connectivity index (χ3n) is 4.24. The summed E-state index contributed by atoms with van der Waals surface area (Å²) in [4.78, 5) is 26.7. The lowest BCUT2D eigenvalue weighted by molar-refractivity contribution is -0.119. The van der Waals surface area contributed by atoms with Crippen LogP contribution in [0.4, 0.5) is 5.69 Å². The predicted molar refractivity (Wildman–Crippen MR) is 94.6 cm³/mol. The molecule has 25 heavy (non-hydrogen) atoms. The second-order valence-electron chi connectivity index (χ2n) is 6.31. The van der Waals surface area contributed by atoms with Crippen molar-refractivity contribution in [2.75, 3.05) is 4.90 Å². The van der Waals surface area contributed by atoms with Crippen LogP contribution in [0.2, 0.25) is 5.02 Å². The van der Waals surface area contributed by atoms with Crippen LogP contribution in [-0.4, -0.2) is 16.8 Å². The van der Waals surface area contributed by atoms with Crippen molar-refractivity contribution in [1.29, 1.82) is 0 Å². The molecule has 0 radical (unpaired) electrons. The maximum Gasteiger partial charge on any atom is 0.294 e. The molecule has 6 heteroatoms. The monoisotopic (exact) mass is 359 g/mol. The van der Waals surface area contributed by atoms with Gasteiger partial charge < -0.3 is 9.52 Å². The quantitative estimate of drug-likeness (QED) is 0.880. The number of aliphatic hydroxyl groups excluding tert-OH is 1. The molecule has 1 amide bonds. The van der Waals surface area contributed by atoms with Crippen molar-refractivity contribution in [3.05, 3.63) is 64.3 Å². The summed E-state index contributed by atoms with van der Waals surface area (Å²) in [6, 6.07) is 7.67. The van der Waals surface area contributed by atoms with Crippen LogP contribution in [0.3, 0.4) is 0 Å². The van der Waals surface area contributed by atoms with E-state index < -0.39 is 17.7 Å². The largest absolute Gasteiger partial charge is 0.503 e. The first-order chi connectivity index (χ1) is 11.8. The van der Waals surface area contributed by atoms with Gasteiger partial charge in [-0.05, 0) is 36.8 Å². The number of nitrogens with zero attached hydrogens (tertiary/aromatic N) is 1. The van der Waals surface area contributed by atoms with Crippen LogP contribution in [0.1, 0.15) is 31.2 Å². The van der Waals surface area contributed by atoms with Gasteiger partial charge in [-0.15, -0.1) is 0 Å². The van der Waals surface area contributed by atoms with Crippen LogP contribution < -0.4 is 4.90 Å². The minimum absolute atomic E-state index is 0.0478. The Hall–Kier alpha value is -2.53. The number of aryl methyl sites for hydroxylation is 1. The Morgan fingerprint density at radius 3 is 2.60 bits per heavy atom. The van der Waals surface area contributed by atoms with Gasteiger partial charge in [-0.2, -0.15) is 0 Å². The van der Waals surface area contributed by atoms with Crippen molar-refractivity contribution in [3.8, 4) is 0 Å². The zero-order chi connectivity index (χ0) is 18.3. The van der Waals surface area contributed by atoms with E-state index in [1.54, 1.807) is 44.2 Å². The van der Waals surface area contributed by atoms with E-state index in [0.717, 1.165) is 5.56 Å². The summed E-state index contributed by atoms with van der Waals surface area (Å²) in [5, 5.41) is 10.9. The number of hydrogen-bond acceptors (Lipinski definition) is 4. The Kier molecular flexibility index (Phi) is 4.43. The van der Waals surface area contributed by atoms with E-state index in [1.165, 1.54) is 11.2 Å². The Balaban J connectivity index is 2.17. The lowest BCUT2D eigenvalue weighted by atomic mass is 9.94. The molecular weight excluding hydrogens is 342 g/mol. The molecule has 0 fully saturated rings. The van der Waals surface area contributed by atoms with Gasteiger partial charge in [-0.1, -0.05) is 31.5 Å². The maximum atomic E-state index is 12.7. The highest BCUT2D eigenvalue weighted by Crippen LogP contribution is 2.42. The summed E-state index contributed by atoms with van der Waals surface area (Å²) in [6.07, 6.45) is 1.47. The van der Waals surface area contributed by atoms with E-state index >= 15 is 0 Å². The maximum absolute atomic E-state index is 12.7. The highest BCUT2D eigenvalue weighted by molar-refractivity contribution is 6.31. The predicted octanol–water partition coefficient (Wildman–Crippen LogP) is 4.37. The Morgan fingerprint density at radius 2 is 2.04 bits per heavy atom. The minimum atomic E-state index is -0.823. The average Bonchev–Trinajstić information content (AvgIpc) is 3.17. The standard InChI is InChI=1S/C19H18ClNO4/c1-10(2)17(22)15-16(14-5-4-8-25-14)21(19(24)18(15)23)12-7-6-11(3)13(20)9-12/h4-10,16,23H,1-3H3. The number of amides is 1. The van der Waals surface area contributed by atoms with Crippen molar-refractivity contribution in [3.63, 3.8) is 0 Å². The lowest BCUT2D eigenvalue weighted by Crippen LogP contribution is -2.31. The SMILES string of the molecule is Cc1ccc(N2C(=O)C(O)=C(C(=O)C(C)C)C2c2ccco2)cc1Cl. The number of Topliss-reactive ketones (excluding diaryl/α,β-unsaturated/α-hetero) is 1. The zero-order valence-corrected chi connectivity index (χ0v) is 14.9. The minimum Gasteiger partial charge on any atom is -0.503 e. The fourth-order valence-electron chi connectivity index (χ4n) is 2.88. The van der Waals surface area contributed by atoms with Gasteiger partial charge in [0.2, 0.25) is 0 Å². The molecule has 0 saturated carbocycles. The first-order valence-corrected chi connectivity index (χ1v) is 8.31. The average molecular weight is 360 g/mol. The molecule has 1 aliphatic rings. The number of anilines is 1. The molecule has 130 valence electrons. The fourth-order valence-corrected chi connectivity index (χ4v) is 3.06. The van der Waals surface area contributed by atoms with E-state index in [2.05, 4.69) is 0 Å². The molecule has 0 saturated heterocycles. The smallest absolute Gasteiger partial charge is 0.294 e. The van der Waals surface area contributed by atoms with Gasteiger partial charge in [0.15, 0.2) is 11.5 Å². The molecule has 0 spiro atoms. The number of halogens is 1. The van der Waals surface area contributed by atoms with Gasteiger partial charge >= 0.3 is 0 Å². The summed E-state index contributed by atoms with van der Waals surface area (Å²) in [7, 11) is 0. The van der Waals surface area contributed by atoms with Crippen molar-refractivity contribution in [1.82, 2.24) is 0 Å². The van der Waals surface area contributed by atoms with Gasteiger partial charge in [-0.25, -0.2) is 0 Å². The molecule has 1 N–H and O–H groups in total. The number of hydrogen-bond donors (Lipinski definition) is 1. The summed E-state index contributed by atoms with van der Waals surface area (Å²) >= 11 is 6.19. The molecule has 2 heterocycles. The number of rotatable bonds is 4. The van der Waals surface area contributed by atoms with Gasteiger partial charge in [0.25, 0.3) is 5.91 Å². The van der Waals surface area contributed by atoms with Crippen LogP contribution in [-0.2, 0) is 9.59 Å². The van der Waals surface area contributed by atoms with Crippen molar-refractivity contribution in [2.45, 2.75) is 26.8 Å². The van der Waals surface area contributed by atoms with Crippen LogP contribution in [0.25, 0.3) is 0 Å². The molecule has 1 aromatic carbocycles. The Morgan fingerprint density at radius 1 is 1.32 bits per heavy atom. The first-order valence-electron chi connectivity index (χ1n) is 7.93. The lowest BCUT2D eigenvalue weighted by Gasteiger charge is -2.25. The van der Waals surface area contributed by atoms with Crippen molar-refractivity contribution < 1.29 is 19.1 Å². The molecule has 1 atom stereocenters. The van der Waals surface area contributed by atoms with Gasteiger partial charge in [-0.3, -0.25) is 14.5 Å². The fraction of sp³-hybridized carbons (Fsp3) is 0.263. The van der Waals surface area contributed by atoms with E-state index in [-0.39, 0.29) is 17.3 Å². The number of furan rings is 1. The third kappa shape index (κ3) is 2.85. The molecular formula is C19H18ClNO4. The van der Waals surface area contributed by atoms with Crippen LogP contribution >= 0.6 is 11.6 Å². The van der Waals surface area contributed by atoms with Crippen LogP contribution in [0, 0.1) is 12.8 Å². The number of aliphatic hydroxyl groups is 1. The Labute approximate surface area is 150 Å². The van der Waals surface area contributed by atoms with Crippen LogP contribution in [0.5, 0.6) is 0 Å². The van der Waals surface area contributed by atoms with E-state index in [0.29, 0.717) is 16.5 Å². The normalized spacial score (nSPS) is 17.7. The van der Waals surface area contributed by atoms with Gasteiger partial charge in [0, 0.05) is 16.6 Å². The zero-order valence-electron chi connectivity index (χ0n) is 14.1. The number of carbonyl (C=O) groups is 2. The molecule has 5 nitrogen and oxygen atoms in total. The van der Waals surface area contributed by atoms with Gasteiger partial charge in [0.1, 0.15) is 11.8 Å². The summed E-state index contributed by atoms with van der Waals surface area (Å²) in [5.41, 5.74) is 1.40. The van der Waals surface area contributed by atoms with Gasteiger partial charge in [0.05, 0.1) is 11.8 Å². The second kappa shape index (κ2) is 6.41. The summed E-state index contributed by atoms with van der Waals surface area (Å²) in [6.45, 7) is 5.29. The highest BCUT2D eigenvalue weighted by Gasteiger charge is 2.46. The molecule has 1 aromatic heterocycles. The summed E-state index contributed by atoms with van der Waals surface area (Å²) < 4.78 is 5.46. The molecule has 1 unspecified atom stereocenters. The van der Waals surface area contributed by atoms with E-state index in [9.17, 15) is 14.7 Å². The van der Waals surface area contributed by atoms with Crippen molar-refractivity contribution >= 4 is 29.0 Å². The van der Waals surface area contributed by atoms with E-state index in [4.69, 9.17) is 16.0 Å². The molecule has 0 aliphatic carbocycles. The molecule has 0 bridgehead atoms. The molecule has 3 rings (SSSR count). The molecule has 1 aliphatic heterocycles. The number of benzene rings is 1. The van der Waals surface area contributed by atoms with Crippen LogP contribution in [0.15, 0.2) is 52.3 Å². The first kappa shape index (κ1) is 17.3. The third-order valence-corrected chi connectivity index (χ3v) is 4.65. The van der Waals surface area contributed by atoms with E-state index in [1.807, 2.05) is 6.92 Å². The molecule has 2 aromatic rings. The topological polar surface area (TPSA) is 70.8 Å². The summed E-state index contributed by atoms with van der Waals surface area (Å²) in [5.74, 6) is -1.46. The van der Waals surface area contributed by atoms with Crippen molar-refractivity contribution in [2.24, 2.45) is 5.92 Å². The number of ketones is 1. The Bertz CT molecular complexity index is 868. The second-order valence-corrected chi connectivity index (χ2v) is 6.72. The number of carbonyl (C=O) groups excluding carboxylic acids is 2.